The molecule has 216 valence electrons. The Morgan fingerprint density at radius 2 is 1.79 bits per heavy atom. The summed E-state index contributed by atoms with van der Waals surface area (Å²) in [4.78, 5) is 29.4. The Morgan fingerprint density at radius 1 is 1.13 bits per heavy atom. The molecule has 4 rings (SSSR count). The monoisotopic (exact) mass is 535 g/mol. The van der Waals surface area contributed by atoms with Gasteiger partial charge in [-0.05, 0) is 77.4 Å². The zero-order valence-electron chi connectivity index (χ0n) is 24.0. The van der Waals surface area contributed by atoms with Crippen LogP contribution in [-0.2, 0) is 19.1 Å². The lowest BCUT2D eigenvalue weighted by Crippen LogP contribution is -2.86. The van der Waals surface area contributed by atoms with E-state index in [-0.39, 0.29) is 12.8 Å². The van der Waals surface area contributed by atoms with Crippen molar-refractivity contribution in [3.05, 3.63) is 12.7 Å². The molecule has 8 atom stereocenters. The van der Waals surface area contributed by atoms with Crippen LogP contribution in [0.3, 0.4) is 0 Å². The van der Waals surface area contributed by atoms with Crippen molar-refractivity contribution in [1.29, 1.82) is 0 Å². The number of carbonyl (C=O) groups is 2. The Kier molecular flexibility index (Phi) is 8.01. The van der Waals surface area contributed by atoms with Gasteiger partial charge in [-0.3, -0.25) is 9.59 Å². The summed E-state index contributed by atoms with van der Waals surface area (Å²) in [5, 5.41) is 35.6. The molecule has 2 saturated heterocycles. The van der Waals surface area contributed by atoms with Crippen molar-refractivity contribution >= 4 is 11.8 Å². The van der Waals surface area contributed by atoms with E-state index in [0.29, 0.717) is 19.3 Å². The number of ether oxygens (including phenoxy) is 2. The van der Waals surface area contributed by atoms with Crippen LogP contribution in [0.1, 0.15) is 92.4 Å². The molecule has 0 bridgehead atoms. The number of hydrogen-bond donors (Lipinski definition) is 3. The molecule has 38 heavy (non-hydrogen) atoms. The van der Waals surface area contributed by atoms with E-state index in [0.717, 1.165) is 26.1 Å². The maximum Gasteiger partial charge on any atom is 0.306 e. The van der Waals surface area contributed by atoms with Crippen molar-refractivity contribution in [2.45, 2.75) is 128 Å². The van der Waals surface area contributed by atoms with Gasteiger partial charge in [0.15, 0.2) is 11.4 Å². The summed E-state index contributed by atoms with van der Waals surface area (Å²) in [6.07, 6.45) is 4.25. The highest BCUT2D eigenvalue weighted by atomic mass is 16.6. The van der Waals surface area contributed by atoms with Gasteiger partial charge in [-0.2, -0.15) is 0 Å². The maximum absolute atomic E-state index is 13.8. The van der Waals surface area contributed by atoms with Gasteiger partial charge in [-0.15, -0.1) is 6.58 Å². The maximum atomic E-state index is 13.8. The van der Waals surface area contributed by atoms with Gasteiger partial charge in [0.2, 0.25) is 0 Å². The van der Waals surface area contributed by atoms with Crippen LogP contribution in [0.4, 0.5) is 0 Å². The fourth-order valence-electron chi connectivity index (χ4n) is 8.40. The summed E-state index contributed by atoms with van der Waals surface area (Å²) in [6, 6.07) is 0. The molecule has 8 nitrogen and oxygen atoms in total. The summed E-state index contributed by atoms with van der Waals surface area (Å²) in [5.74, 6) is -1.60. The third kappa shape index (κ3) is 4.48. The molecule has 4 fully saturated rings. The van der Waals surface area contributed by atoms with Crippen LogP contribution < -0.4 is 0 Å². The van der Waals surface area contributed by atoms with Crippen LogP contribution in [0.5, 0.6) is 0 Å². The third-order valence-electron chi connectivity index (χ3n) is 10.6. The summed E-state index contributed by atoms with van der Waals surface area (Å²) in [7, 11) is 0. The summed E-state index contributed by atoms with van der Waals surface area (Å²) in [6.45, 7) is 15.9. The summed E-state index contributed by atoms with van der Waals surface area (Å²) < 4.78 is 12.4. The molecule has 0 radical (unpaired) electrons. The molecule has 0 spiro atoms. The standard InChI is InChI=1S/C30H49NO7/c1-7-27(4)19-21(33)30(36)28(5)20(32)14-15-26(2,3)24(28)23(25(35)29(30,6)38-27)37-22(34)13-9-12-18-31-16-10-8-11-17-31/h7,20,23-25,32,35-36H,1,8-19H2,2-6H3/t20-,23-,24-,25-,27-,28-,29+,30-/m0/s1. The number of likely N-dealkylation sites (tertiary alicyclic amines) is 1. The third-order valence-corrected chi connectivity index (χ3v) is 10.6. The van der Waals surface area contributed by atoms with Gasteiger partial charge in [0, 0.05) is 24.2 Å². The number of aliphatic hydroxyl groups excluding tert-OH is 2. The molecule has 0 aromatic heterocycles. The molecule has 0 aromatic carbocycles. The topological polar surface area (TPSA) is 117 Å². The van der Waals surface area contributed by atoms with E-state index in [1.807, 2.05) is 13.8 Å². The average molecular weight is 536 g/mol. The first-order valence-electron chi connectivity index (χ1n) is 14.5. The first-order valence-corrected chi connectivity index (χ1v) is 14.5. The second kappa shape index (κ2) is 10.3. The second-order valence-electron chi connectivity index (χ2n) is 13.6. The Balaban J connectivity index is 1.62. The van der Waals surface area contributed by atoms with Gasteiger partial charge in [-0.1, -0.05) is 33.3 Å². The number of fused-ring (bicyclic) bond motifs is 3. The molecule has 3 N–H and O–H groups in total. The molecule has 0 amide bonds. The Labute approximate surface area is 227 Å². The Morgan fingerprint density at radius 3 is 2.42 bits per heavy atom. The molecule has 2 aliphatic carbocycles. The predicted octanol–water partition coefficient (Wildman–Crippen LogP) is 3.16. The quantitative estimate of drug-likeness (QED) is 0.259. The highest BCUT2D eigenvalue weighted by Crippen LogP contribution is 2.67. The number of carbonyl (C=O) groups excluding carboxylic acids is 2. The smallest absolute Gasteiger partial charge is 0.306 e. The first kappa shape index (κ1) is 29.7. The number of piperidine rings is 1. The second-order valence-corrected chi connectivity index (χ2v) is 13.6. The lowest BCUT2D eigenvalue weighted by Gasteiger charge is -2.71. The van der Waals surface area contributed by atoms with E-state index >= 15 is 0 Å². The van der Waals surface area contributed by atoms with Crippen molar-refractivity contribution in [2.75, 3.05) is 19.6 Å². The largest absolute Gasteiger partial charge is 0.459 e. The van der Waals surface area contributed by atoms with Gasteiger partial charge in [0.25, 0.3) is 0 Å². The number of esters is 1. The molecule has 4 aliphatic rings. The molecule has 2 saturated carbocycles. The number of unbranched alkanes of at least 4 members (excludes halogenated alkanes) is 1. The van der Waals surface area contributed by atoms with Crippen LogP contribution >= 0.6 is 0 Å². The highest BCUT2D eigenvalue weighted by Gasteiger charge is 2.81. The van der Waals surface area contributed by atoms with E-state index < -0.39 is 63.6 Å². The van der Waals surface area contributed by atoms with Gasteiger partial charge in [0.1, 0.15) is 17.8 Å². The van der Waals surface area contributed by atoms with Crippen LogP contribution in [0.2, 0.25) is 0 Å². The van der Waals surface area contributed by atoms with Crippen LogP contribution in [0, 0.1) is 16.7 Å². The summed E-state index contributed by atoms with van der Waals surface area (Å²) in [5.41, 5.74) is -7.10. The SMILES string of the molecule is C=C[C@@]1(C)CC(=O)[C@]2(O)[C@@]3(C)[C@@H](O)CCC(C)(C)[C@@H]3[C@H](OC(=O)CCCCN3CCCCC3)[C@H](O)[C@@]2(C)O1. The van der Waals surface area contributed by atoms with Gasteiger partial charge < -0.3 is 29.7 Å². The fraction of sp³-hybridized carbons (Fsp3) is 0.867. The van der Waals surface area contributed by atoms with Crippen LogP contribution in [0.25, 0.3) is 0 Å². The molecular formula is C30H49NO7. The molecule has 2 heterocycles. The fourth-order valence-corrected chi connectivity index (χ4v) is 8.40. The Hall–Kier alpha value is -1.32. The zero-order valence-corrected chi connectivity index (χ0v) is 24.0. The van der Waals surface area contributed by atoms with Gasteiger partial charge in [-0.25, -0.2) is 0 Å². The lowest BCUT2D eigenvalue weighted by atomic mass is 9.40. The van der Waals surface area contributed by atoms with Crippen molar-refractivity contribution in [2.24, 2.45) is 16.7 Å². The van der Waals surface area contributed by atoms with Crippen molar-refractivity contribution in [3.63, 3.8) is 0 Å². The predicted molar refractivity (Wildman–Crippen MR) is 143 cm³/mol. The molecule has 2 aliphatic heterocycles. The lowest BCUT2D eigenvalue weighted by molar-refractivity contribution is -0.370. The van der Waals surface area contributed by atoms with E-state index in [4.69, 9.17) is 9.47 Å². The van der Waals surface area contributed by atoms with Crippen LogP contribution in [-0.4, -0.2) is 86.7 Å². The van der Waals surface area contributed by atoms with Crippen molar-refractivity contribution in [1.82, 2.24) is 4.90 Å². The number of aliphatic hydroxyl groups is 3. The minimum atomic E-state index is -2.19. The zero-order chi connectivity index (χ0) is 28.1. The van der Waals surface area contributed by atoms with Crippen molar-refractivity contribution < 1.29 is 34.4 Å². The number of ketones is 1. The molecule has 0 unspecified atom stereocenters. The minimum absolute atomic E-state index is 0.133. The summed E-state index contributed by atoms with van der Waals surface area (Å²) >= 11 is 0. The van der Waals surface area contributed by atoms with E-state index in [2.05, 4.69) is 11.5 Å². The molecule has 8 heteroatoms. The Bertz CT molecular complexity index is 932. The van der Waals surface area contributed by atoms with Gasteiger partial charge >= 0.3 is 5.97 Å². The minimum Gasteiger partial charge on any atom is -0.459 e. The van der Waals surface area contributed by atoms with E-state index in [1.54, 1.807) is 13.8 Å². The number of nitrogens with zero attached hydrogens (tertiary/aromatic N) is 1. The normalized spacial score (nSPS) is 45.1. The molecule has 0 aromatic rings. The van der Waals surface area contributed by atoms with E-state index in [1.165, 1.54) is 32.3 Å². The highest BCUT2D eigenvalue weighted by molar-refractivity contribution is 5.92. The average Bonchev–Trinajstić information content (AvgIpc) is 2.86. The number of hydrogen-bond acceptors (Lipinski definition) is 8. The molecular weight excluding hydrogens is 486 g/mol. The van der Waals surface area contributed by atoms with Crippen molar-refractivity contribution in [3.8, 4) is 0 Å². The number of Topliss-reactive ketones (excluding diaryl/α,β-unsaturated/α-hetero) is 1. The van der Waals surface area contributed by atoms with Gasteiger partial charge in [0.05, 0.1) is 11.7 Å². The number of rotatable bonds is 7. The first-order chi connectivity index (χ1) is 17.7. The van der Waals surface area contributed by atoms with Crippen LogP contribution in [0.15, 0.2) is 12.7 Å². The van der Waals surface area contributed by atoms with E-state index in [9.17, 15) is 24.9 Å².